The van der Waals surface area contributed by atoms with Gasteiger partial charge in [-0.15, -0.1) is 0 Å². The van der Waals surface area contributed by atoms with Crippen LogP contribution in [0.4, 0.5) is 0 Å². The maximum absolute atomic E-state index is 13.2. The predicted molar refractivity (Wildman–Crippen MR) is 147 cm³/mol. The van der Waals surface area contributed by atoms with Gasteiger partial charge in [-0.25, -0.2) is 9.59 Å². The molecule has 0 aromatic carbocycles. The Hall–Kier alpha value is -3.42. The van der Waals surface area contributed by atoms with Crippen LogP contribution in [0.5, 0.6) is 0 Å². The molecule has 1 aliphatic heterocycles. The number of aliphatic hydroxyl groups excluding tert-OH is 2. The molecule has 246 valence electrons. The minimum absolute atomic E-state index is 0.146. The first kappa shape index (κ1) is 37.6. The molecule has 18 heteroatoms. The highest BCUT2D eigenvalue weighted by Gasteiger charge is 2.49. The molecule has 18 nitrogen and oxygen atoms in total. The van der Waals surface area contributed by atoms with Gasteiger partial charge in [0, 0.05) is 13.3 Å². The SMILES string of the molecule is CC(=O)N(C1O[C@H](CO)[C@@H](O)[C@H](O[C@H](C)C(=O)O)[C@H]1N)[C@@H](C)C(=O)N[C@H](CCC(=O)N[C@@H](CCCCN)C(=O)O)C(N)=O. The Labute approximate surface area is 248 Å². The van der Waals surface area contributed by atoms with Crippen molar-refractivity contribution in [1.29, 1.82) is 0 Å². The second-order valence-electron chi connectivity index (χ2n) is 10.2. The fourth-order valence-electron chi connectivity index (χ4n) is 4.49. The van der Waals surface area contributed by atoms with Gasteiger partial charge in [0.15, 0.2) is 12.3 Å². The lowest BCUT2D eigenvalue weighted by molar-refractivity contribution is -0.245. The van der Waals surface area contributed by atoms with Gasteiger partial charge >= 0.3 is 11.9 Å². The molecule has 1 heterocycles. The molecule has 0 aromatic rings. The molecule has 4 amide bonds. The van der Waals surface area contributed by atoms with E-state index in [4.69, 9.17) is 26.7 Å². The molecular formula is C25H44N6O12. The Morgan fingerprint density at radius 1 is 1.00 bits per heavy atom. The molecule has 0 radical (unpaired) electrons. The summed E-state index contributed by atoms with van der Waals surface area (Å²) in [7, 11) is 0. The van der Waals surface area contributed by atoms with Gasteiger partial charge in [0.1, 0.15) is 36.4 Å². The van der Waals surface area contributed by atoms with Gasteiger partial charge in [-0.1, -0.05) is 0 Å². The molecule has 0 bridgehead atoms. The Kier molecular flexibility index (Phi) is 15.4. The molecular weight excluding hydrogens is 576 g/mol. The number of unbranched alkanes of at least 4 members (excludes halogenated alkanes) is 1. The van der Waals surface area contributed by atoms with Gasteiger partial charge in [0.05, 0.1) is 12.6 Å². The minimum atomic E-state index is -1.58. The standard InChI is InChI=1S/C25H44N6O12/c1-11(22(37)30-14(21(28)36)7-8-17(34)29-15(25(40)41)6-4-5-9-26)31(13(3)33)23-18(27)20(42-12(2)24(38)39)19(35)16(10-32)43-23/h11-12,14-16,18-20,23,32,35H,4-10,26-27H2,1-3H3,(H2,28,36)(H,29,34)(H,30,37)(H,38,39)(H,40,41)/t11-,12+,14+,15-,16+,18+,19+,20+,23?/m0/s1. The summed E-state index contributed by atoms with van der Waals surface area (Å²) in [5, 5.41) is 43.5. The summed E-state index contributed by atoms with van der Waals surface area (Å²) >= 11 is 0. The molecule has 9 atom stereocenters. The monoisotopic (exact) mass is 620 g/mol. The average molecular weight is 621 g/mol. The molecule has 1 unspecified atom stereocenters. The number of hydrogen-bond acceptors (Lipinski definition) is 12. The van der Waals surface area contributed by atoms with Crippen LogP contribution in [0.25, 0.3) is 0 Å². The molecule has 1 fully saturated rings. The number of aliphatic hydroxyl groups is 2. The molecule has 1 aliphatic rings. The quantitative estimate of drug-likeness (QED) is 0.0659. The Bertz CT molecular complexity index is 1000. The van der Waals surface area contributed by atoms with Gasteiger partial charge in [-0.2, -0.15) is 0 Å². The zero-order valence-corrected chi connectivity index (χ0v) is 24.4. The first-order valence-corrected chi connectivity index (χ1v) is 13.8. The number of amides is 4. The molecule has 0 aromatic heterocycles. The third kappa shape index (κ3) is 11.0. The molecule has 12 N–H and O–H groups in total. The van der Waals surface area contributed by atoms with Crippen LogP contribution < -0.4 is 27.8 Å². The molecule has 1 saturated heterocycles. The van der Waals surface area contributed by atoms with Gasteiger partial charge < -0.3 is 62.6 Å². The lowest BCUT2D eigenvalue weighted by Crippen LogP contribution is -2.70. The number of rotatable bonds is 18. The number of ether oxygens (including phenoxy) is 2. The van der Waals surface area contributed by atoms with Crippen LogP contribution in [-0.2, 0) is 38.2 Å². The number of aliphatic carboxylic acids is 2. The van der Waals surface area contributed by atoms with Crippen molar-refractivity contribution >= 4 is 35.6 Å². The summed E-state index contributed by atoms with van der Waals surface area (Å²) in [4.78, 5) is 73.9. The van der Waals surface area contributed by atoms with Crippen molar-refractivity contribution in [3.05, 3.63) is 0 Å². The average Bonchev–Trinajstić information content (AvgIpc) is 2.93. The summed E-state index contributed by atoms with van der Waals surface area (Å²) in [5.41, 5.74) is 17.0. The summed E-state index contributed by atoms with van der Waals surface area (Å²) < 4.78 is 11.0. The molecule has 0 saturated carbocycles. The number of carbonyl (C=O) groups excluding carboxylic acids is 4. The van der Waals surface area contributed by atoms with Crippen LogP contribution in [0.2, 0.25) is 0 Å². The van der Waals surface area contributed by atoms with Crippen molar-refractivity contribution in [3.8, 4) is 0 Å². The van der Waals surface area contributed by atoms with Crippen molar-refractivity contribution in [3.63, 3.8) is 0 Å². The van der Waals surface area contributed by atoms with Crippen LogP contribution in [-0.4, -0.2) is 129 Å². The van der Waals surface area contributed by atoms with Gasteiger partial charge in [0.2, 0.25) is 23.6 Å². The van der Waals surface area contributed by atoms with E-state index in [1.165, 1.54) is 13.8 Å². The lowest BCUT2D eigenvalue weighted by atomic mass is 9.94. The molecule has 1 rings (SSSR count). The van der Waals surface area contributed by atoms with E-state index >= 15 is 0 Å². The topological polar surface area (TPSA) is 307 Å². The van der Waals surface area contributed by atoms with E-state index in [0.717, 1.165) is 11.8 Å². The van der Waals surface area contributed by atoms with Crippen molar-refractivity contribution in [2.24, 2.45) is 17.2 Å². The predicted octanol–water partition coefficient (Wildman–Crippen LogP) is -4.06. The van der Waals surface area contributed by atoms with E-state index in [0.29, 0.717) is 19.4 Å². The smallest absolute Gasteiger partial charge is 0.332 e. The highest BCUT2D eigenvalue weighted by atomic mass is 16.6. The van der Waals surface area contributed by atoms with Crippen LogP contribution in [0.15, 0.2) is 0 Å². The van der Waals surface area contributed by atoms with E-state index in [9.17, 15) is 49.2 Å². The largest absolute Gasteiger partial charge is 0.480 e. The molecule has 0 spiro atoms. The minimum Gasteiger partial charge on any atom is -0.480 e. The second kappa shape index (κ2) is 17.6. The lowest BCUT2D eigenvalue weighted by Gasteiger charge is -2.48. The zero-order chi connectivity index (χ0) is 33.0. The van der Waals surface area contributed by atoms with Gasteiger partial charge in [-0.3, -0.25) is 19.2 Å². The third-order valence-corrected chi connectivity index (χ3v) is 6.96. The van der Waals surface area contributed by atoms with Crippen molar-refractivity contribution in [2.45, 2.75) is 108 Å². The third-order valence-electron chi connectivity index (χ3n) is 6.96. The van der Waals surface area contributed by atoms with Gasteiger partial charge in [0.25, 0.3) is 0 Å². The van der Waals surface area contributed by atoms with Crippen LogP contribution in [0, 0.1) is 0 Å². The van der Waals surface area contributed by atoms with Crippen molar-refractivity contribution in [2.75, 3.05) is 13.2 Å². The maximum atomic E-state index is 13.2. The maximum Gasteiger partial charge on any atom is 0.332 e. The van der Waals surface area contributed by atoms with Crippen LogP contribution >= 0.6 is 0 Å². The van der Waals surface area contributed by atoms with E-state index < -0.39 is 97.0 Å². The fourth-order valence-corrected chi connectivity index (χ4v) is 4.49. The first-order chi connectivity index (χ1) is 20.1. The van der Waals surface area contributed by atoms with E-state index in [2.05, 4.69) is 10.6 Å². The fraction of sp³-hybridized carbons (Fsp3) is 0.760. The highest BCUT2D eigenvalue weighted by Crippen LogP contribution is 2.27. The van der Waals surface area contributed by atoms with Crippen molar-refractivity contribution in [1.82, 2.24) is 15.5 Å². The molecule has 0 aliphatic carbocycles. The van der Waals surface area contributed by atoms with E-state index in [1.54, 1.807) is 0 Å². The Morgan fingerprint density at radius 2 is 1.63 bits per heavy atom. The number of primary amides is 1. The van der Waals surface area contributed by atoms with Crippen LogP contribution in [0.1, 0.15) is 52.9 Å². The van der Waals surface area contributed by atoms with E-state index in [1.807, 2.05) is 0 Å². The number of nitrogens with zero attached hydrogens (tertiary/aromatic N) is 1. The summed E-state index contributed by atoms with van der Waals surface area (Å²) in [5.74, 6) is -5.97. The summed E-state index contributed by atoms with van der Waals surface area (Å²) in [6.07, 6.45) is -6.78. The number of carbonyl (C=O) groups is 6. The molecule has 43 heavy (non-hydrogen) atoms. The number of nitrogens with two attached hydrogens (primary N) is 3. The van der Waals surface area contributed by atoms with Crippen LogP contribution in [0.3, 0.4) is 0 Å². The first-order valence-electron chi connectivity index (χ1n) is 13.8. The number of carboxylic acids is 2. The normalized spacial score (nSPS) is 24.6. The summed E-state index contributed by atoms with van der Waals surface area (Å²) in [6, 6.07) is -5.34. The Balaban J connectivity index is 3.03. The second-order valence-corrected chi connectivity index (χ2v) is 10.2. The number of hydrogen-bond donors (Lipinski definition) is 9. The Morgan fingerprint density at radius 3 is 2.12 bits per heavy atom. The van der Waals surface area contributed by atoms with Crippen molar-refractivity contribution < 1.29 is 58.7 Å². The van der Waals surface area contributed by atoms with Gasteiger partial charge in [-0.05, 0) is 46.1 Å². The zero-order valence-electron chi connectivity index (χ0n) is 24.4. The van der Waals surface area contributed by atoms with E-state index in [-0.39, 0.29) is 19.3 Å². The highest BCUT2D eigenvalue weighted by molar-refractivity contribution is 5.91. The summed E-state index contributed by atoms with van der Waals surface area (Å²) in [6.45, 7) is 3.13. The number of nitrogens with one attached hydrogen (secondary N) is 2. The number of carboxylic acid groups (broad SMARTS) is 2.